The summed E-state index contributed by atoms with van der Waals surface area (Å²) >= 11 is 13.0. The summed E-state index contributed by atoms with van der Waals surface area (Å²) in [4.78, 5) is 4.60. The van der Waals surface area contributed by atoms with Crippen LogP contribution in [0, 0.1) is 13.8 Å². The van der Waals surface area contributed by atoms with Crippen molar-refractivity contribution in [1.82, 2.24) is 19.9 Å². The van der Waals surface area contributed by atoms with Crippen LogP contribution in [0.15, 0.2) is 18.2 Å². The molecule has 0 amide bonds. The maximum Gasteiger partial charge on any atom is 0.401 e. The molecule has 0 unspecified atom stereocenters. The van der Waals surface area contributed by atoms with Gasteiger partial charge in [0.25, 0.3) is 0 Å². The molecule has 0 spiro atoms. The number of rotatable bonds is 8. The molecular formula is C20H22Cl2F3N5O. The van der Waals surface area contributed by atoms with Crippen molar-refractivity contribution in [2.24, 2.45) is 0 Å². The molecule has 0 saturated carbocycles. The van der Waals surface area contributed by atoms with Gasteiger partial charge in [-0.05, 0) is 32.9 Å². The summed E-state index contributed by atoms with van der Waals surface area (Å²) in [5.41, 5.74) is 3.17. The van der Waals surface area contributed by atoms with Crippen molar-refractivity contribution in [3.05, 3.63) is 39.6 Å². The van der Waals surface area contributed by atoms with Crippen LogP contribution < -0.4 is 15.4 Å². The lowest BCUT2D eigenvalue weighted by Gasteiger charge is -2.12. The van der Waals surface area contributed by atoms with Gasteiger partial charge in [-0.3, -0.25) is 0 Å². The Hall–Kier alpha value is -2.23. The quantitative estimate of drug-likeness (QED) is 0.433. The normalized spacial score (nSPS) is 11.9. The first-order valence-corrected chi connectivity index (χ1v) is 10.4. The first-order chi connectivity index (χ1) is 14.6. The Kier molecular flexibility index (Phi) is 7.18. The second-order valence-electron chi connectivity index (χ2n) is 6.89. The molecule has 0 atom stereocenters. The number of anilines is 1. The van der Waals surface area contributed by atoms with E-state index in [4.69, 9.17) is 27.9 Å². The number of halogens is 5. The number of benzene rings is 1. The molecule has 0 aliphatic heterocycles. The van der Waals surface area contributed by atoms with E-state index in [1.807, 2.05) is 20.8 Å². The number of alkyl halides is 3. The standard InChI is InChI=1S/C20H22Cl2F3N5O/c1-4-31-13-8-14(21)18(15(22)9-13)17-12(3)29-30-16(7-11(2)28-19(17)30)27-6-5-26-10-20(23,24)25/h7-9,26-27H,4-6,10H2,1-3H3. The highest BCUT2D eigenvalue weighted by Crippen LogP contribution is 2.41. The predicted octanol–water partition coefficient (Wildman–Crippen LogP) is 5.28. The van der Waals surface area contributed by atoms with E-state index in [9.17, 15) is 13.2 Å². The van der Waals surface area contributed by atoms with Gasteiger partial charge in [0, 0.05) is 30.4 Å². The fourth-order valence-corrected chi connectivity index (χ4v) is 3.87. The topological polar surface area (TPSA) is 63.5 Å². The summed E-state index contributed by atoms with van der Waals surface area (Å²) in [6.07, 6.45) is -4.25. The van der Waals surface area contributed by atoms with Crippen LogP contribution in [0.1, 0.15) is 18.3 Å². The second-order valence-corrected chi connectivity index (χ2v) is 7.71. The minimum Gasteiger partial charge on any atom is -0.494 e. The molecule has 0 aliphatic carbocycles. The summed E-state index contributed by atoms with van der Waals surface area (Å²) in [7, 11) is 0. The molecule has 3 rings (SSSR count). The van der Waals surface area contributed by atoms with Gasteiger partial charge in [0.2, 0.25) is 0 Å². The third-order valence-electron chi connectivity index (χ3n) is 4.40. The Morgan fingerprint density at radius 2 is 1.74 bits per heavy atom. The number of fused-ring (bicyclic) bond motifs is 1. The van der Waals surface area contributed by atoms with E-state index >= 15 is 0 Å². The zero-order chi connectivity index (χ0) is 22.8. The van der Waals surface area contributed by atoms with Gasteiger partial charge in [0.1, 0.15) is 11.6 Å². The van der Waals surface area contributed by atoms with Gasteiger partial charge in [0.05, 0.1) is 34.5 Å². The molecule has 0 bridgehead atoms. The van der Waals surface area contributed by atoms with E-state index in [-0.39, 0.29) is 13.1 Å². The largest absolute Gasteiger partial charge is 0.494 e. The Morgan fingerprint density at radius 1 is 1.06 bits per heavy atom. The third kappa shape index (κ3) is 5.53. The lowest BCUT2D eigenvalue weighted by atomic mass is 10.1. The lowest BCUT2D eigenvalue weighted by Crippen LogP contribution is -2.32. The number of aromatic nitrogens is 3. The SMILES string of the molecule is CCOc1cc(Cl)c(-c2c(C)nn3c(NCCNCC(F)(F)F)cc(C)nc23)c(Cl)c1. The van der Waals surface area contributed by atoms with Crippen molar-refractivity contribution in [2.45, 2.75) is 26.9 Å². The summed E-state index contributed by atoms with van der Waals surface area (Å²) < 4.78 is 43.9. The maximum absolute atomic E-state index is 12.3. The monoisotopic (exact) mass is 475 g/mol. The lowest BCUT2D eigenvalue weighted by molar-refractivity contribution is -0.124. The van der Waals surface area contributed by atoms with E-state index in [0.29, 0.717) is 56.4 Å². The molecule has 6 nitrogen and oxygen atoms in total. The highest BCUT2D eigenvalue weighted by Gasteiger charge is 2.26. The molecular weight excluding hydrogens is 454 g/mol. The molecule has 11 heteroatoms. The van der Waals surface area contributed by atoms with Crippen LogP contribution in [0.25, 0.3) is 16.8 Å². The van der Waals surface area contributed by atoms with Gasteiger partial charge >= 0.3 is 6.18 Å². The highest BCUT2D eigenvalue weighted by atomic mass is 35.5. The van der Waals surface area contributed by atoms with E-state index < -0.39 is 12.7 Å². The molecule has 2 aromatic heterocycles. The van der Waals surface area contributed by atoms with Crippen LogP contribution in [0.4, 0.5) is 19.0 Å². The van der Waals surface area contributed by atoms with Crippen molar-refractivity contribution in [1.29, 1.82) is 0 Å². The fourth-order valence-electron chi connectivity index (χ4n) is 3.21. The molecule has 0 fully saturated rings. The van der Waals surface area contributed by atoms with E-state index in [1.165, 1.54) is 0 Å². The first kappa shape index (κ1) is 23.4. The van der Waals surface area contributed by atoms with E-state index in [2.05, 4.69) is 20.7 Å². The summed E-state index contributed by atoms with van der Waals surface area (Å²) in [5.74, 6) is 1.16. The number of nitrogens with one attached hydrogen (secondary N) is 2. The average molecular weight is 476 g/mol. The van der Waals surface area contributed by atoms with E-state index in [1.54, 1.807) is 22.7 Å². The van der Waals surface area contributed by atoms with Crippen molar-refractivity contribution < 1.29 is 17.9 Å². The molecule has 168 valence electrons. The molecule has 2 N–H and O–H groups in total. The Labute approximate surface area is 187 Å². The van der Waals surface area contributed by atoms with Crippen LogP contribution in [0.5, 0.6) is 5.75 Å². The summed E-state index contributed by atoms with van der Waals surface area (Å²) in [5, 5.41) is 10.8. The molecule has 0 saturated heterocycles. The Bertz CT molecular complexity index is 1060. The molecule has 2 heterocycles. The van der Waals surface area contributed by atoms with Gasteiger partial charge in [0.15, 0.2) is 5.65 Å². The zero-order valence-corrected chi connectivity index (χ0v) is 18.7. The average Bonchev–Trinajstić information content (AvgIpc) is 2.96. The smallest absolute Gasteiger partial charge is 0.401 e. The van der Waals surface area contributed by atoms with Crippen molar-refractivity contribution in [3.8, 4) is 16.9 Å². The first-order valence-electron chi connectivity index (χ1n) is 9.61. The molecule has 3 aromatic rings. The predicted molar refractivity (Wildman–Crippen MR) is 117 cm³/mol. The van der Waals surface area contributed by atoms with Gasteiger partial charge in [-0.1, -0.05) is 23.2 Å². The highest BCUT2D eigenvalue weighted by molar-refractivity contribution is 6.39. The van der Waals surface area contributed by atoms with Crippen LogP contribution in [0.3, 0.4) is 0 Å². The third-order valence-corrected chi connectivity index (χ3v) is 5.00. The number of aryl methyl sites for hydroxylation is 2. The van der Waals surface area contributed by atoms with Gasteiger partial charge in [-0.15, -0.1) is 0 Å². The second kappa shape index (κ2) is 9.50. The van der Waals surface area contributed by atoms with Crippen LogP contribution >= 0.6 is 23.2 Å². The minimum absolute atomic E-state index is 0.131. The number of ether oxygens (including phenoxy) is 1. The van der Waals surface area contributed by atoms with Gasteiger partial charge < -0.3 is 15.4 Å². The van der Waals surface area contributed by atoms with Crippen molar-refractivity contribution in [3.63, 3.8) is 0 Å². The maximum atomic E-state index is 12.3. The fraction of sp³-hybridized carbons (Fsp3) is 0.400. The number of nitrogens with zero attached hydrogens (tertiary/aromatic N) is 3. The Balaban J connectivity index is 1.94. The van der Waals surface area contributed by atoms with Crippen LogP contribution in [-0.2, 0) is 0 Å². The Morgan fingerprint density at radius 3 is 2.35 bits per heavy atom. The van der Waals surface area contributed by atoms with Crippen LogP contribution in [-0.4, -0.2) is 47.0 Å². The molecule has 1 aromatic carbocycles. The molecule has 0 aliphatic rings. The summed E-state index contributed by atoms with van der Waals surface area (Å²) in [6.45, 7) is 5.34. The minimum atomic E-state index is -4.25. The van der Waals surface area contributed by atoms with Crippen molar-refractivity contribution >= 4 is 34.7 Å². The van der Waals surface area contributed by atoms with Crippen LogP contribution in [0.2, 0.25) is 10.0 Å². The van der Waals surface area contributed by atoms with Gasteiger partial charge in [-0.2, -0.15) is 22.8 Å². The molecule has 0 radical (unpaired) electrons. The number of hydrogen-bond acceptors (Lipinski definition) is 5. The molecule has 31 heavy (non-hydrogen) atoms. The summed E-state index contributed by atoms with van der Waals surface area (Å²) in [6, 6.07) is 5.15. The zero-order valence-electron chi connectivity index (χ0n) is 17.2. The number of hydrogen-bond donors (Lipinski definition) is 2. The van der Waals surface area contributed by atoms with Gasteiger partial charge in [-0.25, -0.2) is 4.98 Å². The van der Waals surface area contributed by atoms with Crippen molar-refractivity contribution in [2.75, 3.05) is 31.6 Å². The van der Waals surface area contributed by atoms with E-state index in [0.717, 1.165) is 0 Å².